The predicted molar refractivity (Wildman–Crippen MR) is 73.4 cm³/mol. The number of rotatable bonds is 6. The number of nitrogens with two attached hydrogens (primary N) is 1. The number of esters is 1. The molecular formula is C14H17F2NO2S. The largest absolute Gasteiger partial charge is 0.465 e. The topological polar surface area (TPSA) is 52.3 Å². The zero-order valence-corrected chi connectivity index (χ0v) is 12.0. The van der Waals surface area contributed by atoms with Crippen LogP contribution in [-0.4, -0.2) is 23.9 Å². The van der Waals surface area contributed by atoms with Crippen molar-refractivity contribution in [1.82, 2.24) is 0 Å². The molecule has 1 saturated carbocycles. The molecule has 1 aliphatic rings. The molecule has 1 atom stereocenters. The normalized spacial score (nSPS) is 17.6. The maximum Gasteiger partial charge on any atom is 0.327 e. The molecule has 1 fully saturated rings. The number of ether oxygens (including phenoxy) is 1. The van der Waals surface area contributed by atoms with E-state index in [9.17, 15) is 13.6 Å². The Hall–Kier alpha value is -1.14. The van der Waals surface area contributed by atoms with Crippen molar-refractivity contribution in [2.75, 3.05) is 12.4 Å². The molecule has 6 heteroatoms. The van der Waals surface area contributed by atoms with Crippen molar-refractivity contribution in [3.8, 4) is 0 Å². The lowest BCUT2D eigenvalue weighted by Gasteiger charge is -2.26. The summed E-state index contributed by atoms with van der Waals surface area (Å²) in [5.74, 6) is -1.81. The van der Waals surface area contributed by atoms with Crippen molar-refractivity contribution in [2.24, 2.45) is 11.7 Å². The minimum absolute atomic E-state index is 0.111. The summed E-state index contributed by atoms with van der Waals surface area (Å²) >= 11 is 1.24. The molecule has 0 saturated heterocycles. The molecule has 1 unspecified atom stereocenters. The standard InChI is InChI=1S/C14H17F2NO2S/c1-2-19-13(18)14(17,9-3-4-9)8-20-10-5-6-11(15)12(16)7-10/h5-7,9H,2-4,8,17H2,1H3. The van der Waals surface area contributed by atoms with Gasteiger partial charge in [-0.25, -0.2) is 8.78 Å². The van der Waals surface area contributed by atoms with Crippen LogP contribution < -0.4 is 5.73 Å². The van der Waals surface area contributed by atoms with Crippen LogP contribution in [0.25, 0.3) is 0 Å². The molecule has 0 aromatic heterocycles. The molecule has 110 valence electrons. The van der Waals surface area contributed by atoms with Crippen molar-refractivity contribution in [3.63, 3.8) is 0 Å². The smallest absolute Gasteiger partial charge is 0.327 e. The SMILES string of the molecule is CCOC(=O)C(N)(CSc1ccc(F)c(F)c1)C1CC1. The number of carbonyl (C=O) groups excluding carboxylic acids is 1. The molecule has 1 aromatic carbocycles. The van der Waals surface area contributed by atoms with Gasteiger partial charge < -0.3 is 10.5 Å². The van der Waals surface area contributed by atoms with Gasteiger partial charge in [-0.3, -0.25) is 4.79 Å². The van der Waals surface area contributed by atoms with Crippen molar-refractivity contribution in [1.29, 1.82) is 0 Å². The van der Waals surface area contributed by atoms with Crippen LogP contribution in [0.2, 0.25) is 0 Å². The van der Waals surface area contributed by atoms with E-state index in [1.807, 2.05) is 0 Å². The van der Waals surface area contributed by atoms with Gasteiger partial charge in [0.05, 0.1) is 6.61 Å². The number of benzene rings is 1. The van der Waals surface area contributed by atoms with Crippen LogP contribution in [0, 0.1) is 17.6 Å². The number of thioether (sulfide) groups is 1. The minimum atomic E-state index is -1.05. The van der Waals surface area contributed by atoms with Gasteiger partial charge in [-0.1, -0.05) is 0 Å². The molecule has 1 aliphatic carbocycles. The Morgan fingerprint density at radius 2 is 2.15 bits per heavy atom. The second-order valence-electron chi connectivity index (χ2n) is 4.90. The first-order chi connectivity index (χ1) is 9.47. The van der Waals surface area contributed by atoms with E-state index in [4.69, 9.17) is 10.5 Å². The quantitative estimate of drug-likeness (QED) is 0.648. The van der Waals surface area contributed by atoms with Gasteiger partial charge in [-0.05, 0) is 43.9 Å². The van der Waals surface area contributed by atoms with E-state index in [1.165, 1.54) is 17.8 Å². The number of hydrogen-bond acceptors (Lipinski definition) is 4. The molecule has 1 aromatic rings. The van der Waals surface area contributed by atoms with Gasteiger partial charge in [-0.2, -0.15) is 0 Å². The highest BCUT2D eigenvalue weighted by Crippen LogP contribution is 2.41. The first kappa shape index (κ1) is 15.3. The molecule has 2 rings (SSSR count). The summed E-state index contributed by atoms with van der Waals surface area (Å²) in [6, 6.07) is 3.65. The third-order valence-electron chi connectivity index (χ3n) is 3.33. The van der Waals surface area contributed by atoms with Gasteiger partial charge in [0.25, 0.3) is 0 Å². The highest BCUT2D eigenvalue weighted by atomic mass is 32.2. The third kappa shape index (κ3) is 3.30. The molecule has 0 radical (unpaired) electrons. The number of halogens is 2. The van der Waals surface area contributed by atoms with Crippen LogP contribution in [0.4, 0.5) is 8.78 Å². The summed E-state index contributed by atoms with van der Waals surface area (Å²) < 4.78 is 31.0. The van der Waals surface area contributed by atoms with Crippen molar-refractivity contribution in [3.05, 3.63) is 29.8 Å². The van der Waals surface area contributed by atoms with Gasteiger partial charge in [-0.15, -0.1) is 11.8 Å². The second-order valence-corrected chi connectivity index (χ2v) is 5.95. The number of hydrogen-bond donors (Lipinski definition) is 1. The fourth-order valence-electron chi connectivity index (χ4n) is 1.98. The maximum absolute atomic E-state index is 13.1. The van der Waals surface area contributed by atoms with Crippen LogP contribution in [0.5, 0.6) is 0 Å². The van der Waals surface area contributed by atoms with E-state index in [-0.39, 0.29) is 12.5 Å². The Morgan fingerprint density at radius 1 is 1.45 bits per heavy atom. The van der Waals surface area contributed by atoms with Crippen LogP contribution in [0.1, 0.15) is 19.8 Å². The molecule has 3 nitrogen and oxygen atoms in total. The fourth-order valence-corrected chi connectivity index (χ4v) is 3.09. The summed E-state index contributed by atoms with van der Waals surface area (Å²) in [5, 5.41) is 0. The highest BCUT2D eigenvalue weighted by molar-refractivity contribution is 7.99. The molecule has 0 aliphatic heterocycles. The summed E-state index contributed by atoms with van der Waals surface area (Å²) in [6.07, 6.45) is 1.79. The third-order valence-corrected chi connectivity index (χ3v) is 4.54. The van der Waals surface area contributed by atoms with Crippen LogP contribution in [0.3, 0.4) is 0 Å². The Balaban J connectivity index is 2.05. The lowest BCUT2D eigenvalue weighted by atomic mass is 9.97. The van der Waals surface area contributed by atoms with Gasteiger partial charge in [0.15, 0.2) is 11.6 Å². The molecule has 2 N–H and O–H groups in total. The summed E-state index contributed by atoms with van der Waals surface area (Å²) in [7, 11) is 0. The van der Waals surface area contributed by atoms with Crippen LogP contribution >= 0.6 is 11.8 Å². The van der Waals surface area contributed by atoms with Gasteiger partial charge in [0.1, 0.15) is 5.54 Å². The molecule has 0 spiro atoms. The van der Waals surface area contributed by atoms with Crippen LogP contribution in [-0.2, 0) is 9.53 Å². The Morgan fingerprint density at radius 3 is 2.70 bits per heavy atom. The Bertz CT molecular complexity index is 508. The van der Waals surface area contributed by atoms with E-state index in [1.54, 1.807) is 6.92 Å². The summed E-state index contributed by atoms with van der Waals surface area (Å²) in [4.78, 5) is 12.5. The Kier molecular flexibility index (Phi) is 4.65. The molecule has 20 heavy (non-hydrogen) atoms. The second kappa shape index (κ2) is 6.10. The molecule has 0 heterocycles. The summed E-state index contributed by atoms with van der Waals surface area (Å²) in [5.41, 5.74) is 5.14. The van der Waals surface area contributed by atoms with Crippen molar-refractivity contribution >= 4 is 17.7 Å². The molecule has 0 amide bonds. The van der Waals surface area contributed by atoms with Crippen molar-refractivity contribution in [2.45, 2.75) is 30.2 Å². The number of carbonyl (C=O) groups is 1. The first-order valence-electron chi connectivity index (χ1n) is 6.51. The molecular weight excluding hydrogens is 284 g/mol. The van der Waals surface area contributed by atoms with E-state index < -0.39 is 23.1 Å². The lowest BCUT2D eigenvalue weighted by Crippen LogP contribution is -2.53. The van der Waals surface area contributed by atoms with E-state index in [0.717, 1.165) is 25.0 Å². The maximum atomic E-state index is 13.1. The lowest BCUT2D eigenvalue weighted by molar-refractivity contribution is -0.149. The fraction of sp³-hybridized carbons (Fsp3) is 0.500. The molecule has 0 bridgehead atoms. The zero-order valence-electron chi connectivity index (χ0n) is 11.2. The van der Waals surface area contributed by atoms with E-state index in [2.05, 4.69) is 0 Å². The van der Waals surface area contributed by atoms with Gasteiger partial charge in [0.2, 0.25) is 0 Å². The van der Waals surface area contributed by atoms with Crippen molar-refractivity contribution < 1.29 is 18.3 Å². The average molecular weight is 301 g/mol. The highest BCUT2D eigenvalue weighted by Gasteiger charge is 2.49. The minimum Gasteiger partial charge on any atom is -0.465 e. The predicted octanol–water partition coefficient (Wildman–Crippen LogP) is 2.73. The van der Waals surface area contributed by atoms with E-state index >= 15 is 0 Å². The average Bonchev–Trinajstić information content (AvgIpc) is 3.25. The first-order valence-corrected chi connectivity index (χ1v) is 7.50. The van der Waals surface area contributed by atoms with Gasteiger partial charge in [0, 0.05) is 10.6 Å². The monoisotopic (exact) mass is 301 g/mol. The van der Waals surface area contributed by atoms with E-state index in [0.29, 0.717) is 10.6 Å². The Labute approximate surface area is 120 Å². The van der Waals surface area contributed by atoms with Gasteiger partial charge >= 0.3 is 5.97 Å². The zero-order chi connectivity index (χ0) is 14.8. The van der Waals surface area contributed by atoms with Crippen LogP contribution in [0.15, 0.2) is 23.1 Å². The summed E-state index contributed by atoms with van der Waals surface area (Å²) in [6.45, 7) is 2.01.